The van der Waals surface area contributed by atoms with E-state index in [1.807, 2.05) is 0 Å². The van der Waals surface area contributed by atoms with Crippen LogP contribution in [0.15, 0.2) is 0 Å². The third-order valence-electron chi connectivity index (χ3n) is 3.23. The maximum absolute atomic E-state index is 5.29. The Morgan fingerprint density at radius 2 is 1.56 bits per heavy atom. The fraction of sp³-hybridized carbons (Fsp3) is 1.00. The smallest absolute Gasteiger partial charge is 0.0554 e. The first-order chi connectivity index (χ1) is 7.41. The summed E-state index contributed by atoms with van der Waals surface area (Å²) >= 11 is 0. The molecule has 0 radical (unpaired) electrons. The first-order valence-corrected chi connectivity index (χ1v) is 6.72. The van der Waals surface area contributed by atoms with Crippen molar-refractivity contribution in [3.8, 4) is 0 Å². The predicted octanol–water partition coefficient (Wildman–Crippen LogP) is 3.07. The molecule has 0 aromatic carbocycles. The van der Waals surface area contributed by atoms with Crippen molar-refractivity contribution in [2.24, 2.45) is 17.3 Å². The number of rotatable bonds is 7. The van der Waals surface area contributed by atoms with Gasteiger partial charge in [0.05, 0.1) is 13.2 Å². The number of hydrogen-bond donors (Lipinski definition) is 1. The molecule has 1 aliphatic rings. The Hall–Kier alpha value is -0.0800. The zero-order chi connectivity index (χ0) is 12.2. The van der Waals surface area contributed by atoms with Crippen LogP contribution in [-0.4, -0.2) is 25.8 Å². The molecular weight excluding hydrogens is 198 g/mol. The van der Waals surface area contributed by atoms with Crippen LogP contribution >= 0.6 is 0 Å². The highest BCUT2D eigenvalue weighted by Crippen LogP contribution is 2.26. The van der Waals surface area contributed by atoms with Gasteiger partial charge in [0.15, 0.2) is 0 Å². The van der Waals surface area contributed by atoms with Crippen LogP contribution in [-0.2, 0) is 4.74 Å². The van der Waals surface area contributed by atoms with Gasteiger partial charge in [0.2, 0.25) is 0 Å². The molecular formula is C14H29NO. The monoisotopic (exact) mass is 227 g/mol. The molecule has 96 valence electrons. The van der Waals surface area contributed by atoms with Crippen molar-refractivity contribution in [2.75, 3.05) is 19.8 Å². The van der Waals surface area contributed by atoms with Gasteiger partial charge in [0.1, 0.15) is 0 Å². The summed E-state index contributed by atoms with van der Waals surface area (Å²) in [5, 5.41) is 3.74. The summed E-state index contributed by atoms with van der Waals surface area (Å²) in [6.45, 7) is 14.5. The summed E-state index contributed by atoms with van der Waals surface area (Å²) < 4.78 is 5.29. The van der Waals surface area contributed by atoms with Crippen LogP contribution in [0.2, 0.25) is 0 Å². The van der Waals surface area contributed by atoms with Crippen LogP contribution in [0, 0.1) is 17.3 Å². The zero-order valence-electron chi connectivity index (χ0n) is 11.7. The van der Waals surface area contributed by atoms with Gasteiger partial charge in [-0.15, -0.1) is 0 Å². The Morgan fingerprint density at radius 1 is 1.06 bits per heavy atom. The maximum atomic E-state index is 5.29. The summed E-state index contributed by atoms with van der Waals surface area (Å²) in [7, 11) is 0. The van der Waals surface area contributed by atoms with Gasteiger partial charge in [0.25, 0.3) is 0 Å². The molecule has 16 heavy (non-hydrogen) atoms. The topological polar surface area (TPSA) is 21.3 Å². The Bertz CT molecular complexity index is 187. The molecule has 0 aromatic rings. The summed E-state index contributed by atoms with van der Waals surface area (Å²) in [5.74, 6) is 1.56. The lowest BCUT2D eigenvalue weighted by Crippen LogP contribution is -2.49. The number of nitrogens with one attached hydrogen (secondary N) is 1. The van der Waals surface area contributed by atoms with Crippen molar-refractivity contribution < 1.29 is 4.74 Å². The van der Waals surface area contributed by atoms with Crippen LogP contribution in [0.3, 0.4) is 0 Å². The molecule has 1 N–H and O–H groups in total. The third kappa shape index (κ3) is 4.84. The lowest BCUT2D eigenvalue weighted by molar-refractivity contribution is -0.100. The van der Waals surface area contributed by atoms with Crippen molar-refractivity contribution in [2.45, 2.75) is 53.5 Å². The van der Waals surface area contributed by atoms with E-state index in [9.17, 15) is 0 Å². The zero-order valence-corrected chi connectivity index (χ0v) is 11.7. The summed E-state index contributed by atoms with van der Waals surface area (Å²) in [4.78, 5) is 0. The lowest BCUT2D eigenvalue weighted by Gasteiger charge is -2.39. The Kier molecular flexibility index (Phi) is 5.26. The molecule has 1 saturated heterocycles. The highest BCUT2D eigenvalue weighted by molar-refractivity contribution is 4.85. The third-order valence-corrected chi connectivity index (χ3v) is 3.23. The molecule has 2 heteroatoms. The molecule has 2 nitrogen and oxygen atoms in total. The fourth-order valence-corrected chi connectivity index (χ4v) is 2.34. The second kappa shape index (κ2) is 6.02. The van der Waals surface area contributed by atoms with Crippen molar-refractivity contribution in [1.82, 2.24) is 5.32 Å². The van der Waals surface area contributed by atoms with E-state index in [2.05, 4.69) is 39.9 Å². The van der Waals surface area contributed by atoms with E-state index in [-0.39, 0.29) is 0 Å². The van der Waals surface area contributed by atoms with Crippen LogP contribution in [0.4, 0.5) is 0 Å². The molecule has 1 aliphatic heterocycles. The average molecular weight is 227 g/mol. The Labute approximate surface area is 101 Å². The molecule has 1 rings (SSSR count). The van der Waals surface area contributed by atoms with Gasteiger partial charge >= 0.3 is 0 Å². The van der Waals surface area contributed by atoms with Crippen molar-refractivity contribution >= 4 is 0 Å². The Morgan fingerprint density at radius 3 is 1.88 bits per heavy atom. The van der Waals surface area contributed by atoms with E-state index in [4.69, 9.17) is 4.74 Å². The van der Waals surface area contributed by atoms with E-state index < -0.39 is 0 Å². The SMILES string of the molecule is CC(C)CC(CC(C)C)NCC1(C)COC1. The van der Waals surface area contributed by atoms with Gasteiger partial charge in [-0.2, -0.15) is 0 Å². The van der Waals surface area contributed by atoms with Crippen molar-refractivity contribution in [3.63, 3.8) is 0 Å². The first-order valence-electron chi connectivity index (χ1n) is 6.72. The van der Waals surface area contributed by atoms with E-state index in [1.165, 1.54) is 12.8 Å². The first kappa shape index (κ1) is 14.0. The predicted molar refractivity (Wildman–Crippen MR) is 69.6 cm³/mol. The van der Waals surface area contributed by atoms with Crippen molar-refractivity contribution in [1.29, 1.82) is 0 Å². The normalized spacial score (nSPS) is 19.5. The molecule has 1 fully saturated rings. The minimum Gasteiger partial charge on any atom is -0.380 e. The minimum absolute atomic E-state index is 0.395. The van der Waals surface area contributed by atoms with Crippen LogP contribution in [0.1, 0.15) is 47.5 Å². The van der Waals surface area contributed by atoms with Gasteiger partial charge in [-0.25, -0.2) is 0 Å². The summed E-state index contributed by atoms with van der Waals surface area (Å²) in [6, 6.07) is 0.678. The van der Waals surface area contributed by atoms with E-state index in [0.717, 1.165) is 31.6 Å². The second-order valence-electron chi connectivity index (χ2n) is 6.64. The fourth-order valence-electron chi connectivity index (χ4n) is 2.34. The van der Waals surface area contributed by atoms with Gasteiger partial charge in [-0.05, 0) is 24.7 Å². The minimum atomic E-state index is 0.395. The van der Waals surface area contributed by atoms with Gasteiger partial charge in [0, 0.05) is 18.0 Å². The van der Waals surface area contributed by atoms with Crippen molar-refractivity contribution in [3.05, 3.63) is 0 Å². The molecule has 0 aromatic heterocycles. The summed E-state index contributed by atoms with van der Waals surface area (Å²) in [5.41, 5.74) is 0.395. The van der Waals surface area contributed by atoms with E-state index in [1.54, 1.807) is 0 Å². The number of ether oxygens (including phenoxy) is 1. The molecule has 1 heterocycles. The largest absolute Gasteiger partial charge is 0.380 e. The van der Waals surface area contributed by atoms with Gasteiger partial charge < -0.3 is 10.1 Å². The standard InChI is InChI=1S/C14H29NO/c1-11(2)6-13(7-12(3)4)15-8-14(5)9-16-10-14/h11-13,15H,6-10H2,1-5H3. The molecule has 0 amide bonds. The van der Waals surface area contributed by atoms with Crippen LogP contribution in [0.5, 0.6) is 0 Å². The average Bonchev–Trinajstić information content (AvgIpc) is 2.09. The van der Waals surface area contributed by atoms with Crippen LogP contribution < -0.4 is 5.32 Å². The number of hydrogen-bond acceptors (Lipinski definition) is 2. The quantitative estimate of drug-likeness (QED) is 0.721. The molecule has 0 unspecified atom stereocenters. The maximum Gasteiger partial charge on any atom is 0.0554 e. The second-order valence-corrected chi connectivity index (χ2v) is 6.64. The molecule has 0 atom stereocenters. The Balaban J connectivity index is 2.30. The van der Waals surface area contributed by atoms with E-state index in [0.29, 0.717) is 11.5 Å². The van der Waals surface area contributed by atoms with Gasteiger partial charge in [-0.3, -0.25) is 0 Å². The molecule has 0 aliphatic carbocycles. The van der Waals surface area contributed by atoms with E-state index >= 15 is 0 Å². The lowest BCUT2D eigenvalue weighted by atomic mass is 9.87. The molecule has 0 saturated carbocycles. The molecule has 0 bridgehead atoms. The van der Waals surface area contributed by atoms with Crippen LogP contribution in [0.25, 0.3) is 0 Å². The van der Waals surface area contributed by atoms with Gasteiger partial charge in [-0.1, -0.05) is 34.6 Å². The molecule has 0 spiro atoms. The highest BCUT2D eigenvalue weighted by Gasteiger charge is 2.33. The summed E-state index contributed by atoms with van der Waals surface area (Å²) in [6.07, 6.45) is 2.57. The highest BCUT2D eigenvalue weighted by atomic mass is 16.5.